The van der Waals surface area contributed by atoms with Crippen LogP contribution in [0.3, 0.4) is 0 Å². The molecule has 1 aromatic heterocycles. The summed E-state index contributed by atoms with van der Waals surface area (Å²) in [6.07, 6.45) is 3.39. The van der Waals surface area contributed by atoms with Crippen molar-refractivity contribution >= 4 is 28.9 Å². The van der Waals surface area contributed by atoms with Gasteiger partial charge < -0.3 is 9.67 Å². The van der Waals surface area contributed by atoms with Crippen LogP contribution in [0.2, 0.25) is 0 Å². The largest absolute Gasteiger partial charge is 0.478 e. The molecular formula is C23H17N3O3. The van der Waals surface area contributed by atoms with Crippen molar-refractivity contribution in [1.29, 1.82) is 0 Å². The number of nitrogens with zero attached hydrogens (tertiary/aromatic N) is 2. The number of amides is 1. The molecule has 29 heavy (non-hydrogen) atoms. The minimum Gasteiger partial charge on any atom is -0.478 e. The molecule has 0 aliphatic rings. The molecule has 0 saturated heterocycles. The van der Waals surface area contributed by atoms with Gasteiger partial charge in [-0.05, 0) is 53.2 Å². The van der Waals surface area contributed by atoms with Gasteiger partial charge in [-0.3, -0.25) is 4.79 Å². The predicted molar refractivity (Wildman–Crippen MR) is 112 cm³/mol. The third kappa shape index (κ3) is 3.77. The van der Waals surface area contributed by atoms with Gasteiger partial charge in [0.1, 0.15) is 0 Å². The molecule has 0 spiro atoms. The molecule has 6 heteroatoms. The summed E-state index contributed by atoms with van der Waals surface area (Å²) < 4.78 is 1.85. The van der Waals surface area contributed by atoms with Crippen LogP contribution in [-0.2, 0) is 0 Å². The normalized spacial score (nSPS) is 11.0. The highest BCUT2D eigenvalue weighted by molar-refractivity contribution is 6.07. The van der Waals surface area contributed by atoms with E-state index >= 15 is 0 Å². The number of fused-ring (bicyclic) bond motifs is 1. The van der Waals surface area contributed by atoms with E-state index in [-0.39, 0.29) is 11.5 Å². The van der Waals surface area contributed by atoms with E-state index < -0.39 is 5.97 Å². The van der Waals surface area contributed by atoms with Crippen LogP contribution in [0.15, 0.2) is 90.2 Å². The highest BCUT2D eigenvalue weighted by atomic mass is 16.4. The van der Waals surface area contributed by atoms with Crippen LogP contribution in [0, 0.1) is 0 Å². The lowest BCUT2D eigenvalue weighted by atomic mass is 10.0. The van der Waals surface area contributed by atoms with Crippen molar-refractivity contribution in [2.24, 2.45) is 5.10 Å². The highest BCUT2D eigenvalue weighted by Crippen LogP contribution is 2.18. The van der Waals surface area contributed by atoms with Gasteiger partial charge in [-0.2, -0.15) is 5.10 Å². The van der Waals surface area contributed by atoms with Gasteiger partial charge in [0.25, 0.3) is 5.91 Å². The summed E-state index contributed by atoms with van der Waals surface area (Å²) in [7, 11) is 0. The zero-order valence-corrected chi connectivity index (χ0v) is 15.3. The Bertz CT molecular complexity index is 1220. The van der Waals surface area contributed by atoms with Crippen LogP contribution in [0.4, 0.5) is 0 Å². The summed E-state index contributed by atoms with van der Waals surface area (Å²) >= 11 is 0. The summed E-state index contributed by atoms with van der Waals surface area (Å²) in [6, 6.07) is 23.5. The maximum atomic E-state index is 12.6. The summed E-state index contributed by atoms with van der Waals surface area (Å²) in [4.78, 5) is 23.6. The van der Waals surface area contributed by atoms with E-state index in [1.54, 1.807) is 36.5 Å². The molecule has 4 rings (SSSR count). The van der Waals surface area contributed by atoms with E-state index in [1.165, 1.54) is 0 Å². The molecule has 0 aliphatic heterocycles. The molecule has 2 N–H and O–H groups in total. The lowest BCUT2D eigenvalue weighted by Gasteiger charge is -2.07. The summed E-state index contributed by atoms with van der Waals surface area (Å²) in [5.41, 5.74) is 4.88. The lowest BCUT2D eigenvalue weighted by molar-refractivity contribution is 0.0696. The van der Waals surface area contributed by atoms with E-state index in [9.17, 15) is 9.59 Å². The van der Waals surface area contributed by atoms with Crippen LogP contribution in [0.1, 0.15) is 26.4 Å². The Labute approximate surface area is 166 Å². The summed E-state index contributed by atoms with van der Waals surface area (Å²) in [5, 5.41) is 15.0. The fraction of sp³-hybridized carbons (Fsp3) is 0. The number of carbonyl (C=O) groups excluding carboxylic acids is 1. The number of carbonyl (C=O) groups is 2. The number of aromatic carboxylic acids is 1. The van der Waals surface area contributed by atoms with Crippen LogP contribution >= 0.6 is 0 Å². The SMILES string of the molecule is O=C(O)c1ccc(-n2cccc2/C=N\NC(=O)c2cccc3ccccc23)cc1. The highest BCUT2D eigenvalue weighted by Gasteiger charge is 2.09. The molecular weight excluding hydrogens is 366 g/mol. The first-order valence-corrected chi connectivity index (χ1v) is 8.96. The smallest absolute Gasteiger partial charge is 0.335 e. The number of aromatic nitrogens is 1. The van der Waals surface area contributed by atoms with E-state index in [0.717, 1.165) is 22.2 Å². The van der Waals surface area contributed by atoms with Crippen molar-refractivity contribution in [3.63, 3.8) is 0 Å². The maximum absolute atomic E-state index is 12.6. The van der Waals surface area contributed by atoms with Gasteiger partial charge in [0.15, 0.2) is 0 Å². The monoisotopic (exact) mass is 383 g/mol. The number of hydrogen-bond donors (Lipinski definition) is 2. The number of benzene rings is 3. The van der Waals surface area contributed by atoms with Crippen LogP contribution in [0.25, 0.3) is 16.5 Å². The number of carboxylic acids is 1. The minimum atomic E-state index is -0.970. The van der Waals surface area contributed by atoms with E-state index in [0.29, 0.717) is 5.56 Å². The molecule has 6 nitrogen and oxygen atoms in total. The second-order valence-electron chi connectivity index (χ2n) is 6.38. The van der Waals surface area contributed by atoms with Gasteiger partial charge in [-0.1, -0.05) is 36.4 Å². The number of rotatable bonds is 5. The van der Waals surface area contributed by atoms with Crippen LogP contribution < -0.4 is 5.43 Å². The van der Waals surface area contributed by atoms with Crippen molar-refractivity contribution in [3.8, 4) is 5.69 Å². The Kier molecular flexibility index (Phi) is 4.90. The quantitative estimate of drug-likeness (QED) is 0.402. The van der Waals surface area contributed by atoms with Gasteiger partial charge in [-0.15, -0.1) is 0 Å². The topological polar surface area (TPSA) is 83.7 Å². The third-order valence-electron chi connectivity index (χ3n) is 4.57. The average molecular weight is 383 g/mol. The molecule has 0 atom stereocenters. The number of carboxylic acid groups (broad SMARTS) is 1. The Morgan fingerprint density at radius 1 is 0.897 bits per heavy atom. The van der Waals surface area contributed by atoms with E-state index in [1.807, 2.05) is 59.3 Å². The van der Waals surface area contributed by atoms with Gasteiger partial charge in [0.05, 0.1) is 17.5 Å². The Hall–Kier alpha value is -4.19. The Morgan fingerprint density at radius 2 is 1.66 bits per heavy atom. The fourth-order valence-electron chi connectivity index (χ4n) is 3.14. The van der Waals surface area contributed by atoms with E-state index in [2.05, 4.69) is 10.5 Å². The molecule has 0 unspecified atom stereocenters. The van der Waals surface area contributed by atoms with Crippen LogP contribution in [0.5, 0.6) is 0 Å². The second kappa shape index (κ2) is 7.82. The number of hydrogen-bond acceptors (Lipinski definition) is 3. The summed E-state index contributed by atoms with van der Waals surface area (Å²) in [6.45, 7) is 0. The predicted octanol–water partition coefficient (Wildman–Crippen LogP) is 4.09. The molecule has 1 amide bonds. The Balaban J connectivity index is 1.52. The lowest BCUT2D eigenvalue weighted by Crippen LogP contribution is -2.18. The molecule has 4 aromatic rings. The average Bonchev–Trinajstić information content (AvgIpc) is 3.22. The van der Waals surface area contributed by atoms with E-state index in [4.69, 9.17) is 5.11 Å². The fourth-order valence-corrected chi connectivity index (χ4v) is 3.14. The molecule has 0 bridgehead atoms. The standard InChI is InChI=1S/C23H17N3O3/c27-22(21-9-3-6-16-5-1-2-8-20(16)21)25-24-15-19-7-4-14-26(19)18-12-10-17(11-13-18)23(28)29/h1-15H,(H,25,27)(H,28,29)/b24-15-. The number of nitrogens with one attached hydrogen (secondary N) is 1. The zero-order valence-electron chi connectivity index (χ0n) is 15.3. The molecule has 0 radical (unpaired) electrons. The van der Waals surface area contributed by atoms with Crippen molar-refractivity contribution in [1.82, 2.24) is 9.99 Å². The maximum Gasteiger partial charge on any atom is 0.335 e. The first-order chi connectivity index (χ1) is 14.1. The van der Waals surface area contributed by atoms with Crippen LogP contribution in [-0.4, -0.2) is 27.8 Å². The molecule has 0 saturated carbocycles. The van der Waals surface area contributed by atoms with Crippen molar-refractivity contribution < 1.29 is 14.7 Å². The first-order valence-electron chi connectivity index (χ1n) is 8.96. The zero-order chi connectivity index (χ0) is 20.2. The Morgan fingerprint density at radius 3 is 2.45 bits per heavy atom. The molecule has 3 aromatic carbocycles. The molecule has 0 aliphatic carbocycles. The summed E-state index contributed by atoms with van der Waals surface area (Å²) in [5.74, 6) is -1.26. The van der Waals surface area contributed by atoms with Crippen molar-refractivity contribution in [2.45, 2.75) is 0 Å². The van der Waals surface area contributed by atoms with Gasteiger partial charge >= 0.3 is 5.97 Å². The molecule has 1 heterocycles. The molecule has 0 fully saturated rings. The second-order valence-corrected chi connectivity index (χ2v) is 6.38. The van der Waals surface area contributed by atoms with Gasteiger partial charge in [0, 0.05) is 17.4 Å². The van der Waals surface area contributed by atoms with Crippen molar-refractivity contribution in [2.75, 3.05) is 0 Å². The third-order valence-corrected chi connectivity index (χ3v) is 4.57. The van der Waals surface area contributed by atoms with Gasteiger partial charge in [-0.25, -0.2) is 10.2 Å². The first kappa shape index (κ1) is 18.2. The van der Waals surface area contributed by atoms with Gasteiger partial charge in [0.2, 0.25) is 0 Å². The minimum absolute atomic E-state index is 0.221. The van der Waals surface area contributed by atoms with Crippen molar-refractivity contribution in [3.05, 3.63) is 102 Å². The molecule has 142 valence electrons. The number of hydrazone groups is 1.